The van der Waals surface area contributed by atoms with Crippen LogP contribution in [0.3, 0.4) is 0 Å². The predicted molar refractivity (Wildman–Crippen MR) is 79.4 cm³/mol. The van der Waals surface area contributed by atoms with Crippen molar-refractivity contribution in [2.24, 2.45) is 5.92 Å². The third-order valence-corrected chi connectivity index (χ3v) is 5.29. The molecule has 0 saturated carbocycles. The van der Waals surface area contributed by atoms with E-state index in [1.807, 2.05) is 0 Å². The molecule has 2 aliphatic rings. The molecule has 0 aromatic heterocycles. The van der Waals surface area contributed by atoms with Gasteiger partial charge in [-0.05, 0) is 26.3 Å². The van der Waals surface area contributed by atoms with Gasteiger partial charge in [0.15, 0.2) is 0 Å². The fraction of sp³-hybridized carbons (Fsp3) is 1.00. The first-order valence-electron chi connectivity index (χ1n) is 7.44. The topological polar surface area (TPSA) is 24.5 Å². The minimum atomic E-state index is 0.667. The Morgan fingerprint density at radius 2 is 2.33 bits per heavy atom. The summed E-state index contributed by atoms with van der Waals surface area (Å²) in [6.07, 6.45) is 2.41. The molecule has 2 fully saturated rings. The van der Waals surface area contributed by atoms with E-state index in [-0.39, 0.29) is 0 Å². The highest BCUT2D eigenvalue weighted by atomic mass is 32.2. The third-order valence-electron chi connectivity index (χ3n) is 4.10. The average molecular weight is 272 g/mol. The first-order chi connectivity index (χ1) is 8.81. The molecule has 18 heavy (non-hydrogen) atoms. The van der Waals surface area contributed by atoms with Gasteiger partial charge in [0.2, 0.25) is 0 Å². The van der Waals surface area contributed by atoms with Crippen LogP contribution in [0.15, 0.2) is 0 Å². The summed E-state index contributed by atoms with van der Waals surface area (Å²) in [4.78, 5) is 2.66. The zero-order valence-electron chi connectivity index (χ0n) is 11.9. The maximum atomic E-state index is 5.70. The number of rotatable bonds is 5. The number of ether oxygens (including phenoxy) is 1. The molecular formula is C14H28N2OS. The van der Waals surface area contributed by atoms with Crippen molar-refractivity contribution in [3.63, 3.8) is 0 Å². The van der Waals surface area contributed by atoms with Crippen LogP contribution in [0.4, 0.5) is 0 Å². The summed E-state index contributed by atoms with van der Waals surface area (Å²) in [6, 6.07) is 1.40. The number of hydrogen-bond acceptors (Lipinski definition) is 4. The van der Waals surface area contributed by atoms with E-state index in [0.29, 0.717) is 12.0 Å². The molecule has 0 bridgehead atoms. The van der Waals surface area contributed by atoms with Crippen molar-refractivity contribution in [3.05, 3.63) is 0 Å². The predicted octanol–water partition coefficient (Wildman–Crippen LogP) is 1.83. The van der Waals surface area contributed by atoms with E-state index in [1.165, 1.54) is 37.4 Å². The standard InChI is InChI=1S/C14H28N2OS/c1-3-5-15-14-4-7-17-10-13(14)9-16-6-8-18-11-12(16)2/h12-15H,3-11H2,1-2H3. The largest absolute Gasteiger partial charge is 0.381 e. The molecule has 2 saturated heterocycles. The van der Waals surface area contributed by atoms with Gasteiger partial charge in [-0.1, -0.05) is 6.92 Å². The van der Waals surface area contributed by atoms with Crippen molar-refractivity contribution in [1.82, 2.24) is 10.2 Å². The molecule has 0 aromatic rings. The summed E-state index contributed by atoms with van der Waals surface area (Å²) in [5.41, 5.74) is 0. The molecule has 106 valence electrons. The van der Waals surface area contributed by atoms with Crippen LogP contribution in [0.25, 0.3) is 0 Å². The summed E-state index contributed by atoms with van der Waals surface area (Å²) in [5, 5.41) is 3.71. The van der Waals surface area contributed by atoms with Crippen LogP contribution in [-0.4, -0.2) is 61.3 Å². The van der Waals surface area contributed by atoms with Gasteiger partial charge in [-0.25, -0.2) is 0 Å². The minimum Gasteiger partial charge on any atom is -0.381 e. The lowest BCUT2D eigenvalue weighted by atomic mass is 9.94. The van der Waals surface area contributed by atoms with Gasteiger partial charge < -0.3 is 10.1 Å². The SMILES string of the molecule is CCCNC1CCOCC1CN1CCSCC1C. The molecule has 0 aliphatic carbocycles. The molecule has 3 unspecified atom stereocenters. The monoisotopic (exact) mass is 272 g/mol. The molecule has 2 aliphatic heterocycles. The Bertz CT molecular complexity index is 240. The first-order valence-corrected chi connectivity index (χ1v) is 8.59. The summed E-state index contributed by atoms with van der Waals surface area (Å²) >= 11 is 2.09. The second kappa shape index (κ2) is 7.73. The maximum absolute atomic E-state index is 5.70. The molecule has 4 heteroatoms. The van der Waals surface area contributed by atoms with Gasteiger partial charge in [0.05, 0.1) is 6.61 Å². The van der Waals surface area contributed by atoms with Crippen molar-refractivity contribution < 1.29 is 4.74 Å². The van der Waals surface area contributed by atoms with Gasteiger partial charge in [-0.2, -0.15) is 11.8 Å². The number of thioether (sulfide) groups is 1. The highest BCUT2D eigenvalue weighted by molar-refractivity contribution is 7.99. The lowest BCUT2D eigenvalue weighted by Crippen LogP contribution is -2.51. The van der Waals surface area contributed by atoms with Gasteiger partial charge in [-0.3, -0.25) is 4.90 Å². The maximum Gasteiger partial charge on any atom is 0.0521 e. The van der Waals surface area contributed by atoms with E-state index >= 15 is 0 Å². The van der Waals surface area contributed by atoms with Crippen molar-refractivity contribution in [3.8, 4) is 0 Å². The molecule has 2 heterocycles. The first kappa shape index (κ1) is 14.6. The van der Waals surface area contributed by atoms with E-state index in [2.05, 4.69) is 35.8 Å². The second-order valence-electron chi connectivity index (χ2n) is 5.60. The Balaban J connectivity index is 1.83. The third kappa shape index (κ3) is 4.12. The quantitative estimate of drug-likeness (QED) is 0.825. The summed E-state index contributed by atoms with van der Waals surface area (Å²) in [7, 11) is 0. The average Bonchev–Trinajstić information content (AvgIpc) is 2.40. The highest BCUT2D eigenvalue weighted by Crippen LogP contribution is 2.21. The fourth-order valence-corrected chi connectivity index (χ4v) is 3.99. The number of hydrogen-bond donors (Lipinski definition) is 1. The van der Waals surface area contributed by atoms with E-state index < -0.39 is 0 Å². The molecule has 3 atom stereocenters. The van der Waals surface area contributed by atoms with E-state index in [1.54, 1.807) is 0 Å². The Morgan fingerprint density at radius 3 is 3.11 bits per heavy atom. The highest BCUT2D eigenvalue weighted by Gasteiger charge is 2.29. The summed E-state index contributed by atoms with van der Waals surface area (Å²) < 4.78 is 5.70. The van der Waals surface area contributed by atoms with Crippen LogP contribution in [-0.2, 0) is 4.74 Å². The minimum absolute atomic E-state index is 0.667. The summed E-state index contributed by atoms with van der Waals surface area (Å²) in [5.74, 6) is 3.27. The molecule has 0 spiro atoms. The second-order valence-corrected chi connectivity index (χ2v) is 6.75. The molecular weight excluding hydrogens is 244 g/mol. The molecule has 3 nitrogen and oxygen atoms in total. The molecule has 0 radical (unpaired) electrons. The van der Waals surface area contributed by atoms with Crippen LogP contribution in [0.5, 0.6) is 0 Å². The molecule has 2 rings (SSSR count). The zero-order valence-corrected chi connectivity index (χ0v) is 12.7. The van der Waals surface area contributed by atoms with Gasteiger partial charge in [0, 0.05) is 49.2 Å². The Hall–Kier alpha value is 0.230. The van der Waals surface area contributed by atoms with Crippen LogP contribution in [0, 0.1) is 5.92 Å². The number of nitrogens with zero attached hydrogens (tertiary/aromatic N) is 1. The van der Waals surface area contributed by atoms with Crippen molar-refractivity contribution >= 4 is 11.8 Å². The number of nitrogens with one attached hydrogen (secondary N) is 1. The van der Waals surface area contributed by atoms with Gasteiger partial charge >= 0.3 is 0 Å². The Labute approximate surface area is 116 Å². The normalized spacial score (nSPS) is 34.7. The summed E-state index contributed by atoms with van der Waals surface area (Å²) in [6.45, 7) is 10.1. The molecule has 0 amide bonds. The smallest absolute Gasteiger partial charge is 0.0521 e. The van der Waals surface area contributed by atoms with Crippen molar-refractivity contribution in [2.75, 3.05) is 44.4 Å². The van der Waals surface area contributed by atoms with E-state index in [4.69, 9.17) is 4.74 Å². The van der Waals surface area contributed by atoms with Crippen molar-refractivity contribution in [2.45, 2.75) is 38.8 Å². The van der Waals surface area contributed by atoms with Gasteiger partial charge in [0.25, 0.3) is 0 Å². The van der Waals surface area contributed by atoms with E-state index in [0.717, 1.165) is 25.8 Å². The van der Waals surface area contributed by atoms with Crippen LogP contribution >= 0.6 is 11.8 Å². The van der Waals surface area contributed by atoms with Gasteiger partial charge in [0.1, 0.15) is 0 Å². The Kier molecular flexibility index (Phi) is 6.29. The molecule has 0 aromatic carbocycles. The molecule has 1 N–H and O–H groups in total. The fourth-order valence-electron chi connectivity index (χ4n) is 2.91. The van der Waals surface area contributed by atoms with E-state index in [9.17, 15) is 0 Å². The lowest BCUT2D eigenvalue weighted by Gasteiger charge is -2.40. The van der Waals surface area contributed by atoms with Gasteiger partial charge in [-0.15, -0.1) is 0 Å². The van der Waals surface area contributed by atoms with Crippen molar-refractivity contribution in [1.29, 1.82) is 0 Å². The van der Waals surface area contributed by atoms with Crippen LogP contribution in [0.1, 0.15) is 26.7 Å². The van der Waals surface area contributed by atoms with Crippen LogP contribution in [0.2, 0.25) is 0 Å². The Morgan fingerprint density at radius 1 is 1.44 bits per heavy atom. The van der Waals surface area contributed by atoms with Crippen LogP contribution < -0.4 is 5.32 Å². The zero-order chi connectivity index (χ0) is 12.8. The lowest BCUT2D eigenvalue weighted by molar-refractivity contribution is 0.0131.